The van der Waals surface area contributed by atoms with Gasteiger partial charge in [-0.3, -0.25) is 9.69 Å². The summed E-state index contributed by atoms with van der Waals surface area (Å²) in [5.41, 5.74) is 0. The summed E-state index contributed by atoms with van der Waals surface area (Å²) in [6, 6.07) is -0.824. The molecular formula is C11H20N2O6S. The Bertz CT molecular complexity index is 434. The molecule has 0 aromatic carbocycles. The van der Waals surface area contributed by atoms with Crippen molar-refractivity contribution in [1.82, 2.24) is 9.62 Å². The van der Waals surface area contributed by atoms with Crippen molar-refractivity contribution in [2.75, 3.05) is 45.2 Å². The van der Waals surface area contributed by atoms with E-state index in [0.717, 1.165) is 0 Å². The lowest BCUT2D eigenvalue weighted by atomic mass is 10.3. The summed E-state index contributed by atoms with van der Waals surface area (Å²) in [6.45, 7) is 3.04. The molecule has 116 valence electrons. The van der Waals surface area contributed by atoms with Crippen LogP contribution in [0.5, 0.6) is 0 Å². The lowest BCUT2D eigenvalue weighted by molar-refractivity contribution is -0.139. The van der Waals surface area contributed by atoms with Crippen LogP contribution in [0, 0.1) is 0 Å². The Kier molecular flexibility index (Phi) is 5.33. The van der Waals surface area contributed by atoms with Crippen molar-refractivity contribution < 1.29 is 27.8 Å². The Morgan fingerprint density at radius 3 is 2.65 bits per heavy atom. The molecule has 0 bridgehead atoms. The van der Waals surface area contributed by atoms with Gasteiger partial charge in [0.05, 0.1) is 31.7 Å². The maximum absolute atomic E-state index is 11.9. The van der Waals surface area contributed by atoms with Gasteiger partial charge in [0, 0.05) is 26.1 Å². The van der Waals surface area contributed by atoms with Crippen LogP contribution in [0.25, 0.3) is 0 Å². The largest absolute Gasteiger partial charge is 0.464 e. The first-order chi connectivity index (χ1) is 9.46. The molecule has 0 amide bonds. The standard InChI is InChI=1S/C11H20N2O6S/c14-9(7-13-2-5-18-6-3-13)8-20(16,17)12-10-1-4-19-11(10)15/h9-10,12,14H,1-8H2. The molecule has 2 unspecified atom stereocenters. The summed E-state index contributed by atoms with van der Waals surface area (Å²) < 4.78 is 35.9. The normalized spacial score (nSPS) is 26.4. The number of nitrogens with zero attached hydrogens (tertiary/aromatic N) is 1. The summed E-state index contributed by atoms with van der Waals surface area (Å²) in [7, 11) is -3.71. The van der Waals surface area contributed by atoms with Crippen LogP contribution in [0.3, 0.4) is 0 Å². The molecule has 0 spiro atoms. The van der Waals surface area contributed by atoms with Gasteiger partial charge in [0.2, 0.25) is 10.0 Å². The van der Waals surface area contributed by atoms with Crippen LogP contribution in [-0.4, -0.2) is 81.7 Å². The van der Waals surface area contributed by atoms with Crippen LogP contribution < -0.4 is 4.72 Å². The molecule has 2 heterocycles. The highest BCUT2D eigenvalue weighted by molar-refractivity contribution is 7.89. The highest BCUT2D eigenvalue weighted by atomic mass is 32.2. The second-order valence-electron chi connectivity index (χ2n) is 4.97. The number of ether oxygens (including phenoxy) is 2. The number of β-amino-alcohol motifs (C(OH)–C–C–N with tert-alkyl or cyclic N) is 1. The molecule has 2 aliphatic rings. The van der Waals surface area contributed by atoms with Crippen LogP contribution in [0.4, 0.5) is 0 Å². The SMILES string of the molecule is O=C1OCCC1NS(=O)(=O)CC(O)CN1CCOCC1. The molecule has 20 heavy (non-hydrogen) atoms. The molecule has 0 aromatic rings. The van der Waals surface area contributed by atoms with E-state index in [1.807, 2.05) is 4.90 Å². The van der Waals surface area contributed by atoms with Crippen molar-refractivity contribution in [3.8, 4) is 0 Å². The van der Waals surface area contributed by atoms with Gasteiger partial charge < -0.3 is 14.6 Å². The van der Waals surface area contributed by atoms with Crippen molar-refractivity contribution in [3.05, 3.63) is 0 Å². The topological polar surface area (TPSA) is 105 Å². The van der Waals surface area contributed by atoms with Gasteiger partial charge in [0.25, 0.3) is 0 Å². The fourth-order valence-corrected chi connectivity index (χ4v) is 3.61. The van der Waals surface area contributed by atoms with Gasteiger partial charge in [-0.05, 0) is 0 Å². The molecular weight excluding hydrogens is 288 g/mol. The maximum atomic E-state index is 11.9. The number of esters is 1. The summed E-state index contributed by atoms with van der Waals surface area (Å²) in [5, 5.41) is 9.86. The highest BCUT2D eigenvalue weighted by Gasteiger charge is 2.31. The number of carbonyl (C=O) groups is 1. The van der Waals surface area contributed by atoms with E-state index in [-0.39, 0.29) is 13.2 Å². The van der Waals surface area contributed by atoms with E-state index in [9.17, 15) is 18.3 Å². The van der Waals surface area contributed by atoms with Gasteiger partial charge in [-0.25, -0.2) is 13.1 Å². The first-order valence-corrected chi connectivity index (χ1v) is 8.26. The molecule has 2 N–H and O–H groups in total. The van der Waals surface area contributed by atoms with E-state index >= 15 is 0 Å². The number of sulfonamides is 1. The Morgan fingerprint density at radius 1 is 1.35 bits per heavy atom. The highest BCUT2D eigenvalue weighted by Crippen LogP contribution is 2.08. The summed E-state index contributed by atoms with van der Waals surface area (Å²) in [5.74, 6) is -0.982. The maximum Gasteiger partial charge on any atom is 0.324 e. The second kappa shape index (κ2) is 6.81. The first-order valence-electron chi connectivity index (χ1n) is 6.61. The van der Waals surface area contributed by atoms with Crippen LogP contribution >= 0.6 is 0 Å². The van der Waals surface area contributed by atoms with Gasteiger partial charge >= 0.3 is 5.97 Å². The van der Waals surface area contributed by atoms with Crippen molar-refractivity contribution in [1.29, 1.82) is 0 Å². The minimum atomic E-state index is -3.71. The summed E-state index contributed by atoms with van der Waals surface area (Å²) in [6.07, 6.45) is -0.666. The third kappa shape index (κ3) is 4.67. The number of hydrogen-bond donors (Lipinski definition) is 2. The van der Waals surface area contributed by atoms with Crippen LogP contribution in [0.2, 0.25) is 0 Å². The predicted octanol–water partition coefficient (Wildman–Crippen LogP) is -2.09. The van der Waals surface area contributed by atoms with E-state index < -0.39 is 33.9 Å². The molecule has 2 saturated heterocycles. The average Bonchev–Trinajstić information content (AvgIpc) is 2.74. The van der Waals surface area contributed by atoms with E-state index in [2.05, 4.69) is 9.46 Å². The lowest BCUT2D eigenvalue weighted by Crippen LogP contribution is -2.46. The summed E-state index contributed by atoms with van der Waals surface area (Å²) in [4.78, 5) is 13.2. The van der Waals surface area contributed by atoms with Gasteiger partial charge in [0.1, 0.15) is 6.04 Å². The number of rotatable bonds is 6. The zero-order chi connectivity index (χ0) is 14.6. The Hall–Kier alpha value is -0.740. The minimum Gasteiger partial charge on any atom is -0.464 e. The van der Waals surface area contributed by atoms with Crippen LogP contribution in [-0.2, 0) is 24.3 Å². The van der Waals surface area contributed by atoms with E-state index in [4.69, 9.17) is 4.74 Å². The number of morpholine rings is 1. The molecule has 2 aliphatic heterocycles. The molecule has 2 atom stereocenters. The monoisotopic (exact) mass is 308 g/mol. The van der Waals surface area contributed by atoms with E-state index in [1.54, 1.807) is 0 Å². The summed E-state index contributed by atoms with van der Waals surface area (Å²) >= 11 is 0. The molecule has 8 nitrogen and oxygen atoms in total. The molecule has 0 radical (unpaired) electrons. The third-order valence-electron chi connectivity index (χ3n) is 3.24. The molecule has 0 saturated carbocycles. The molecule has 0 aliphatic carbocycles. The van der Waals surface area contributed by atoms with Gasteiger partial charge in [-0.15, -0.1) is 0 Å². The smallest absolute Gasteiger partial charge is 0.324 e. The van der Waals surface area contributed by atoms with E-state index in [0.29, 0.717) is 32.7 Å². The Balaban J connectivity index is 1.79. The van der Waals surface area contributed by atoms with Gasteiger partial charge in [-0.1, -0.05) is 0 Å². The Labute approximate surface area is 118 Å². The molecule has 2 fully saturated rings. The number of aliphatic hydroxyl groups is 1. The molecule has 0 aromatic heterocycles. The number of cyclic esters (lactones) is 1. The number of nitrogens with one attached hydrogen (secondary N) is 1. The van der Waals surface area contributed by atoms with Crippen molar-refractivity contribution in [2.24, 2.45) is 0 Å². The first kappa shape index (κ1) is 15.6. The van der Waals surface area contributed by atoms with Crippen molar-refractivity contribution in [2.45, 2.75) is 18.6 Å². The quantitative estimate of drug-likeness (QED) is 0.542. The van der Waals surface area contributed by atoms with Crippen LogP contribution in [0.1, 0.15) is 6.42 Å². The zero-order valence-electron chi connectivity index (χ0n) is 11.2. The second-order valence-corrected chi connectivity index (χ2v) is 6.77. The van der Waals surface area contributed by atoms with Gasteiger partial charge in [-0.2, -0.15) is 0 Å². The van der Waals surface area contributed by atoms with Crippen molar-refractivity contribution in [3.63, 3.8) is 0 Å². The lowest BCUT2D eigenvalue weighted by Gasteiger charge is -2.28. The predicted molar refractivity (Wildman–Crippen MR) is 69.6 cm³/mol. The minimum absolute atomic E-state index is 0.225. The van der Waals surface area contributed by atoms with E-state index in [1.165, 1.54) is 0 Å². The van der Waals surface area contributed by atoms with Gasteiger partial charge in [0.15, 0.2) is 0 Å². The fourth-order valence-electron chi connectivity index (χ4n) is 2.26. The Morgan fingerprint density at radius 2 is 2.05 bits per heavy atom. The number of aliphatic hydroxyl groups excluding tert-OH is 1. The average molecular weight is 308 g/mol. The zero-order valence-corrected chi connectivity index (χ0v) is 12.0. The molecule has 2 rings (SSSR count). The van der Waals surface area contributed by atoms with Crippen molar-refractivity contribution >= 4 is 16.0 Å². The number of carbonyl (C=O) groups excluding carboxylic acids is 1. The van der Waals surface area contributed by atoms with Crippen LogP contribution in [0.15, 0.2) is 0 Å². The molecule has 9 heteroatoms. The fraction of sp³-hybridized carbons (Fsp3) is 0.909. The number of hydrogen-bond acceptors (Lipinski definition) is 7. The third-order valence-corrected chi connectivity index (χ3v) is 4.71.